The average molecular weight is 516 g/mol. The molecule has 4 rings (SSSR count). The Bertz CT molecular complexity index is 1430. The van der Waals surface area contributed by atoms with Gasteiger partial charge >= 0.3 is 6.18 Å². The normalized spacial score (nSPS) is 11.5. The molecule has 4 aromatic carbocycles. The summed E-state index contributed by atoms with van der Waals surface area (Å²) < 4.78 is 90.6. The Morgan fingerprint density at radius 3 is 2.30 bits per heavy atom. The standard InChI is InChI=1S/C29H22F6O2/c1-2-13-36-22-9-11-23(25(30)16-22)20-8-10-24-21(15-20)7-6-19(28(24)32)5-3-18-4-12-27(26(31)14-18)37-17-29(33,34)35/h2,4,6-12,14-16H,1,3,5,13,17H2. The third-order valence-corrected chi connectivity index (χ3v) is 5.72. The van der Waals surface area contributed by atoms with E-state index in [1.54, 1.807) is 48.5 Å². The van der Waals surface area contributed by atoms with Gasteiger partial charge in [0.25, 0.3) is 0 Å². The largest absolute Gasteiger partial charge is 0.489 e. The summed E-state index contributed by atoms with van der Waals surface area (Å²) in [5, 5.41) is 0.942. The van der Waals surface area contributed by atoms with Crippen LogP contribution in [0.1, 0.15) is 11.1 Å². The molecule has 0 saturated carbocycles. The predicted molar refractivity (Wildman–Crippen MR) is 130 cm³/mol. The molecule has 0 radical (unpaired) electrons. The zero-order valence-corrected chi connectivity index (χ0v) is 19.5. The fourth-order valence-corrected chi connectivity index (χ4v) is 3.93. The summed E-state index contributed by atoms with van der Waals surface area (Å²) in [6.07, 6.45) is -2.50. The molecule has 0 atom stereocenters. The minimum atomic E-state index is -4.57. The Morgan fingerprint density at radius 2 is 1.59 bits per heavy atom. The maximum Gasteiger partial charge on any atom is 0.422 e. The van der Waals surface area contributed by atoms with E-state index in [-0.39, 0.29) is 19.4 Å². The molecule has 0 aliphatic rings. The van der Waals surface area contributed by atoms with Crippen LogP contribution in [-0.4, -0.2) is 19.4 Å². The van der Waals surface area contributed by atoms with E-state index in [2.05, 4.69) is 11.3 Å². The van der Waals surface area contributed by atoms with Crippen LogP contribution >= 0.6 is 0 Å². The Hall–Kier alpha value is -3.94. The van der Waals surface area contributed by atoms with Crippen LogP contribution in [0.3, 0.4) is 0 Å². The van der Waals surface area contributed by atoms with E-state index < -0.39 is 36.0 Å². The summed E-state index contributed by atoms with van der Waals surface area (Å²) in [6.45, 7) is 2.22. The van der Waals surface area contributed by atoms with Crippen LogP contribution in [0.4, 0.5) is 26.3 Å². The Morgan fingerprint density at radius 1 is 0.784 bits per heavy atom. The summed E-state index contributed by atoms with van der Waals surface area (Å²) in [6, 6.07) is 16.4. The molecule has 0 N–H and O–H groups in total. The average Bonchev–Trinajstić information content (AvgIpc) is 2.86. The molecule has 2 nitrogen and oxygen atoms in total. The summed E-state index contributed by atoms with van der Waals surface area (Å²) >= 11 is 0. The molecule has 4 aromatic rings. The van der Waals surface area contributed by atoms with Gasteiger partial charge in [-0.15, -0.1) is 0 Å². The number of halogens is 6. The first kappa shape index (κ1) is 26.1. The number of hydrogen-bond donors (Lipinski definition) is 0. The van der Waals surface area contributed by atoms with Crippen molar-refractivity contribution in [1.82, 2.24) is 0 Å². The quantitative estimate of drug-likeness (QED) is 0.165. The molecule has 37 heavy (non-hydrogen) atoms. The van der Waals surface area contributed by atoms with Gasteiger partial charge < -0.3 is 9.47 Å². The topological polar surface area (TPSA) is 18.5 Å². The molecule has 0 bridgehead atoms. The molecule has 0 aliphatic heterocycles. The highest BCUT2D eigenvalue weighted by molar-refractivity contribution is 5.88. The lowest BCUT2D eigenvalue weighted by Crippen LogP contribution is -2.19. The lowest BCUT2D eigenvalue weighted by molar-refractivity contribution is -0.153. The van der Waals surface area contributed by atoms with Crippen LogP contribution in [0.5, 0.6) is 11.5 Å². The van der Waals surface area contributed by atoms with Crippen LogP contribution in [0.15, 0.2) is 79.4 Å². The molecule has 0 amide bonds. The highest BCUT2D eigenvalue weighted by atomic mass is 19.4. The number of ether oxygens (including phenoxy) is 2. The van der Waals surface area contributed by atoms with Crippen molar-refractivity contribution in [2.75, 3.05) is 13.2 Å². The van der Waals surface area contributed by atoms with Gasteiger partial charge in [-0.3, -0.25) is 0 Å². The van der Waals surface area contributed by atoms with E-state index in [1.807, 2.05) is 0 Å². The van der Waals surface area contributed by atoms with Gasteiger partial charge in [-0.25, -0.2) is 13.2 Å². The van der Waals surface area contributed by atoms with E-state index in [1.165, 1.54) is 12.1 Å². The maximum absolute atomic E-state index is 15.2. The highest BCUT2D eigenvalue weighted by Gasteiger charge is 2.29. The lowest BCUT2D eigenvalue weighted by atomic mass is 9.97. The van der Waals surface area contributed by atoms with Crippen LogP contribution < -0.4 is 9.47 Å². The van der Waals surface area contributed by atoms with Gasteiger partial charge in [0.1, 0.15) is 24.0 Å². The van der Waals surface area contributed by atoms with Gasteiger partial charge in [0.15, 0.2) is 18.2 Å². The second kappa shape index (κ2) is 11.0. The Kier molecular flexibility index (Phi) is 7.76. The van der Waals surface area contributed by atoms with E-state index in [9.17, 15) is 22.0 Å². The number of benzene rings is 4. The molecule has 0 unspecified atom stereocenters. The highest BCUT2D eigenvalue weighted by Crippen LogP contribution is 2.31. The molecule has 0 heterocycles. The summed E-state index contributed by atoms with van der Waals surface area (Å²) in [7, 11) is 0. The van der Waals surface area contributed by atoms with E-state index in [0.717, 1.165) is 12.1 Å². The molecule has 8 heteroatoms. The first-order chi connectivity index (χ1) is 17.6. The summed E-state index contributed by atoms with van der Waals surface area (Å²) in [4.78, 5) is 0. The van der Waals surface area contributed by atoms with Crippen molar-refractivity contribution in [2.24, 2.45) is 0 Å². The van der Waals surface area contributed by atoms with Gasteiger partial charge in [0.05, 0.1) is 0 Å². The Labute approximate surface area is 209 Å². The fraction of sp³-hybridized carbons (Fsp3) is 0.172. The third-order valence-electron chi connectivity index (χ3n) is 5.72. The SMILES string of the molecule is C=CCOc1ccc(-c2ccc3c(F)c(CCc4ccc(OCC(F)(F)F)c(F)c4)ccc3c2)c(F)c1. The second-order valence-corrected chi connectivity index (χ2v) is 8.38. The Balaban J connectivity index is 1.49. The molecular formula is C29H22F6O2. The van der Waals surface area contributed by atoms with Crippen molar-refractivity contribution in [3.05, 3.63) is 108 Å². The van der Waals surface area contributed by atoms with Crippen LogP contribution in [0.25, 0.3) is 21.9 Å². The molecule has 192 valence electrons. The molecule has 0 saturated heterocycles. The number of aryl methyl sites for hydroxylation is 2. The molecule has 0 aromatic heterocycles. The van der Waals surface area contributed by atoms with Crippen molar-refractivity contribution in [3.8, 4) is 22.6 Å². The molecule has 0 fully saturated rings. The maximum atomic E-state index is 15.2. The van der Waals surface area contributed by atoms with Crippen LogP contribution in [0, 0.1) is 17.5 Å². The van der Waals surface area contributed by atoms with Crippen LogP contribution in [-0.2, 0) is 12.8 Å². The van der Waals surface area contributed by atoms with E-state index >= 15 is 4.39 Å². The van der Waals surface area contributed by atoms with E-state index in [4.69, 9.17) is 4.74 Å². The molecule has 0 aliphatic carbocycles. The van der Waals surface area contributed by atoms with Crippen molar-refractivity contribution < 1.29 is 35.8 Å². The van der Waals surface area contributed by atoms with Gasteiger partial charge in [0, 0.05) is 17.0 Å². The monoisotopic (exact) mass is 516 g/mol. The van der Waals surface area contributed by atoms with Crippen molar-refractivity contribution in [2.45, 2.75) is 19.0 Å². The van der Waals surface area contributed by atoms with Crippen molar-refractivity contribution in [1.29, 1.82) is 0 Å². The number of hydrogen-bond acceptors (Lipinski definition) is 2. The minimum absolute atomic E-state index is 0.243. The molecular weight excluding hydrogens is 494 g/mol. The zero-order chi connectivity index (χ0) is 26.6. The number of rotatable bonds is 9. The third kappa shape index (κ3) is 6.44. The van der Waals surface area contributed by atoms with E-state index in [0.29, 0.717) is 38.8 Å². The minimum Gasteiger partial charge on any atom is -0.489 e. The van der Waals surface area contributed by atoms with Gasteiger partial charge in [0.2, 0.25) is 0 Å². The molecule has 0 spiro atoms. The van der Waals surface area contributed by atoms with Crippen molar-refractivity contribution >= 4 is 10.8 Å². The van der Waals surface area contributed by atoms with Gasteiger partial charge in [-0.05, 0) is 65.3 Å². The van der Waals surface area contributed by atoms with Crippen molar-refractivity contribution in [3.63, 3.8) is 0 Å². The fourth-order valence-electron chi connectivity index (χ4n) is 3.93. The lowest BCUT2D eigenvalue weighted by Gasteiger charge is -2.12. The van der Waals surface area contributed by atoms with Crippen LogP contribution in [0.2, 0.25) is 0 Å². The first-order valence-corrected chi connectivity index (χ1v) is 11.4. The zero-order valence-electron chi connectivity index (χ0n) is 19.5. The smallest absolute Gasteiger partial charge is 0.422 e. The summed E-state index contributed by atoms with van der Waals surface area (Å²) in [5.41, 5.74) is 1.81. The predicted octanol–water partition coefficient (Wildman–Crippen LogP) is 8.22. The number of fused-ring (bicyclic) bond motifs is 1. The van der Waals surface area contributed by atoms with Gasteiger partial charge in [-0.2, -0.15) is 13.2 Å². The number of alkyl halides is 3. The second-order valence-electron chi connectivity index (χ2n) is 8.38. The van der Waals surface area contributed by atoms with Gasteiger partial charge in [-0.1, -0.05) is 43.0 Å². The first-order valence-electron chi connectivity index (χ1n) is 11.4. The summed E-state index contributed by atoms with van der Waals surface area (Å²) in [5.74, 6) is -1.95.